The van der Waals surface area contributed by atoms with Crippen molar-refractivity contribution in [2.75, 3.05) is 0 Å². The molecule has 0 aliphatic rings. The molecule has 157 valence electrons. The Morgan fingerprint density at radius 2 is 1.10 bits per heavy atom. The average Bonchev–Trinajstić information content (AvgIpc) is 2.81. The normalized spacial score (nSPS) is 11.3. The molecule has 2 amide bonds. The fraction of sp³-hybridized carbons (Fsp3) is 0.0952. The summed E-state index contributed by atoms with van der Waals surface area (Å²) >= 11 is 0. The van der Waals surface area contributed by atoms with Gasteiger partial charge in [0.1, 0.15) is 0 Å². The molecule has 0 saturated carbocycles. The van der Waals surface area contributed by atoms with Crippen molar-refractivity contribution in [2.24, 2.45) is 10.2 Å². The molecule has 31 heavy (non-hydrogen) atoms. The van der Waals surface area contributed by atoms with E-state index in [1.807, 2.05) is 0 Å². The van der Waals surface area contributed by atoms with E-state index in [4.69, 9.17) is 0 Å². The summed E-state index contributed by atoms with van der Waals surface area (Å²) in [5.74, 6) is -0.432. The molecule has 0 fully saturated rings. The predicted octanol–water partition coefficient (Wildman–Crippen LogP) is 3.17. The van der Waals surface area contributed by atoms with E-state index in [2.05, 4.69) is 36.0 Å². The summed E-state index contributed by atoms with van der Waals surface area (Å²) in [6, 6.07) is 11.9. The number of pyridine rings is 3. The van der Waals surface area contributed by atoms with E-state index in [9.17, 15) is 9.59 Å². The summed E-state index contributed by atoms with van der Waals surface area (Å²) in [5.41, 5.74) is 10.9. The Morgan fingerprint density at radius 3 is 1.48 bits per heavy atom. The third-order valence-electron chi connectivity index (χ3n) is 3.96. The Bertz CT molecular complexity index is 1020. The summed E-state index contributed by atoms with van der Waals surface area (Å²) in [6.45, 7) is 3.46. The van der Waals surface area contributed by atoms with Gasteiger partial charge in [0.2, 0.25) is 0 Å². The van der Waals surface area contributed by atoms with Gasteiger partial charge in [-0.15, -0.1) is 0 Å². The first-order valence-corrected chi connectivity index (χ1v) is 8.95. The zero-order valence-corrected chi connectivity index (χ0v) is 17.8. The van der Waals surface area contributed by atoms with Gasteiger partial charge in [-0.05, 0) is 50.2 Å². The topological polar surface area (TPSA) is 134 Å². The van der Waals surface area contributed by atoms with Gasteiger partial charge in [0.15, 0.2) is 0 Å². The Kier molecular flexibility index (Phi) is 8.67. The number of aromatic nitrogens is 3. The zero-order valence-electron chi connectivity index (χ0n) is 16.7. The average molecular weight is 460 g/mol. The van der Waals surface area contributed by atoms with Crippen molar-refractivity contribution >= 4 is 23.2 Å². The van der Waals surface area contributed by atoms with E-state index in [0.717, 1.165) is 0 Å². The van der Waals surface area contributed by atoms with Gasteiger partial charge < -0.3 is 21.1 Å². The summed E-state index contributed by atoms with van der Waals surface area (Å²) in [5, 5.41) is 8.09. The van der Waals surface area contributed by atoms with Crippen LogP contribution in [0.15, 0.2) is 77.5 Å². The minimum atomic E-state index is -0.216. The monoisotopic (exact) mass is 460 g/mol. The number of rotatable bonds is 6. The van der Waals surface area contributed by atoms with Gasteiger partial charge >= 0.3 is 16.8 Å². The van der Waals surface area contributed by atoms with Gasteiger partial charge in [-0.25, -0.2) is 4.98 Å². The molecular weight excluding hydrogens is 441 g/mol. The maximum Gasteiger partial charge on any atom is 2.00 e. The molecule has 0 aliphatic heterocycles. The molecule has 3 rings (SSSR count). The molecular formula is C21H19CoN7O2+2. The maximum atomic E-state index is 10.0. The summed E-state index contributed by atoms with van der Waals surface area (Å²) < 4.78 is 0. The molecule has 9 nitrogen and oxygen atoms in total. The molecule has 0 spiro atoms. The molecule has 1 radical (unpaired) electrons. The fourth-order valence-electron chi connectivity index (χ4n) is 2.30. The first-order chi connectivity index (χ1) is 14.5. The Hall–Kier alpha value is -3.76. The molecule has 0 bridgehead atoms. The first-order valence-electron chi connectivity index (χ1n) is 8.95. The van der Waals surface area contributed by atoms with Crippen molar-refractivity contribution in [3.63, 3.8) is 0 Å². The first kappa shape index (κ1) is 23.5. The van der Waals surface area contributed by atoms with Crippen molar-refractivity contribution in [1.29, 1.82) is 0 Å². The standard InChI is InChI=1S/C21H19N7O2.Co/c1-14(25-27-20(29)16-6-10-22-11-7-16)18-4-3-5-19(24-18)15(2)26-28-21(30)17-8-12-23-13-9-17;/h3-13H,1-2H3,(H2,24,27,28,29,30);/q;+2. The molecule has 0 aliphatic carbocycles. The van der Waals surface area contributed by atoms with E-state index < -0.39 is 0 Å². The Balaban J connectivity index is 0.00000341. The number of amides is 2. The third-order valence-corrected chi connectivity index (χ3v) is 3.96. The van der Waals surface area contributed by atoms with Crippen molar-refractivity contribution in [3.05, 3.63) is 101 Å². The summed E-state index contributed by atoms with van der Waals surface area (Å²) in [6.07, 6.45) is 6.22. The number of hydrogen-bond donors (Lipinski definition) is 0. The molecule has 0 aromatic carbocycles. The molecule has 10 heteroatoms. The molecule has 3 aromatic heterocycles. The van der Waals surface area contributed by atoms with E-state index in [-0.39, 0.29) is 28.6 Å². The van der Waals surface area contributed by atoms with Gasteiger partial charge in [-0.1, -0.05) is 6.07 Å². The molecule has 0 atom stereocenters. The SMILES string of the molecule is CC(=N[N-]C(=[OH+])c1ccncc1)c1cccc(C(C)=N[N-]C(=[OH+])c2ccncc2)n1.[Co+2]. The second kappa shape index (κ2) is 11.4. The van der Waals surface area contributed by atoms with Crippen LogP contribution in [0.3, 0.4) is 0 Å². The van der Waals surface area contributed by atoms with Crippen molar-refractivity contribution in [1.82, 2.24) is 15.0 Å². The second-order valence-electron chi connectivity index (χ2n) is 6.10. The van der Waals surface area contributed by atoms with Gasteiger partial charge in [0.25, 0.3) is 11.8 Å². The van der Waals surface area contributed by atoms with Crippen LogP contribution in [0.2, 0.25) is 0 Å². The molecule has 2 N–H and O–H groups in total. The van der Waals surface area contributed by atoms with Gasteiger partial charge in [-0.3, -0.25) is 19.6 Å². The van der Waals surface area contributed by atoms with Gasteiger partial charge in [0, 0.05) is 36.2 Å². The molecule has 0 unspecified atom stereocenters. The number of hydrogen-bond acceptors (Lipinski definition) is 5. The number of carbonyl (C=O) groups excluding carboxylic acids is 2. The van der Waals surface area contributed by atoms with Crippen LogP contribution in [0.1, 0.15) is 36.4 Å². The van der Waals surface area contributed by atoms with Gasteiger partial charge in [-0.2, -0.15) is 0 Å². The van der Waals surface area contributed by atoms with Crippen LogP contribution in [-0.4, -0.2) is 47.8 Å². The molecule has 3 heterocycles. The van der Waals surface area contributed by atoms with Crippen LogP contribution in [0.5, 0.6) is 0 Å². The van der Waals surface area contributed by atoms with E-state index >= 15 is 0 Å². The van der Waals surface area contributed by atoms with Crippen LogP contribution in [0.25, 0.3) is 10.9 Å². The fourth-order valence-corrected chi connectivity index (χ4v) is 2.30. The van der Waals surface area contributed by atoms with Crippen molar-refractivity contribution < 1.29 is 26.4 Å². The molecule has 3 aromatic rings. The van der Waals surface area contributed by atoms with Crippen molar-refractivity contribution in [2.45, 2.75) is 13.8 Å². The van der Waals surface area contributed by atoms with Crippen LogP contribution in [0, 0.1) is 0 Å². The van der Waals surface area contributed by atoms with Crippen LogP contribution < -0.4 is 0 Å². The predicted molar refractivity (Wildman–Crippen MR) is 116 cm³/mol. The van der Waals surface area contributed by atoms with E-state index in [1.54, 1.807) is 81.1 Å². The minimum absolute atomic E-state index is 0. The zero-order chi connectivity index (χ0) is 21.3. The van der Waals surface area contributed by atoms with Gasteiger partial charge in [0.05, 0.1) is 22.5 Å². The van der Waals surface area contributed by atoms with Crippen LogP contribution in [-0.2, 0) is 16.8 Å². The van der Waals surface area contributed by atoms with Crippen molar-refractivity contribution in [3.8, 4) is 0 Å². The smallest absolute Gasteiger partial charge is 0.490 e. The third kappa shape index (κ3) is 6.62. The number of nitrogens with zero attached hydrogens (tertiary/aromatic N) is 7. The van der Waals surface area contributed by atoms with E-state index in [0.29, 0.717) is 33.9 Å². The Morgan fingerprint density at radius 1 is 0.710 bits per heavy atom. The quantitative estimate of drug-likeness (QED) is 0.318. The largest absolute Gasteiger partial charge is 2.00 e. The maximum absolute atomic E-state index is 10.0. The Labute approximate surface area is 189 Å². The summed E-state index contributed by atoms with van der Waals surface area (Å²) in [7, 11) is 0. The van der Waals surface area contributed by atoms with Crippen LogP contribution >= 0.6 is 0 Å². The summed E-state index contributed by atoms with van der Waals surface area (Å²) in [4.78, 5) is 32.3. The minimum Gasteiger partial charge on any atom is -0.490 e. The second-order valence-corrected chi connectivity index (χ2v) is 6.10. The van der Waals surface area contributed by atoms with Crippen LogP contribution in [0.4, 0.5) is 0 Å². The molecule has 0 saturated heterocycles. The van der Waals surface area contributed by atoms with E-state index in [1.165, 1.54) is 0 Å².